The van der Waals surface area contributed by atoms with Gasteiger partial charge in [0.1, 0.15) is 0 Å². The van der Waals surface area contributed by atoms with E-state index in [-0.39, 0.29) is 11.6 Å². The Hall–Kier alpha value is -1.15. The predicted molar refractivity (Wildman–Crippen MR) is 51.9 cm³/mol. The highest BCUT2D eigenvalue weighted by Gasteiger charge is 2.08. The highest BCUT2D eigenvalue weighted by molar-refractivity contribution is 7.92. The van der Waals surface area contributed by atoms with Gasteiger partial charge in [0.2, 0.25) is 10.0 Å². The molecule has 0 aliphatic heterocycles. The molecule has 14 heavy (non-hydrogen) atoms. The summed E-state index contributed by atoms with van der Waals surface area (Å²) in [7, 11) is -3.34. The summed E-state index contributed by atoms with van der Waals surface area (Å²) in [5.74, 6) is -0.999. The lowest BCUT2D eigenvalue weighted by Crippen LogP contribution is -2.09. The van der Waals surface area contributed by atoms with Crippen LogP contribution in [0.2, 0.25) is 0 Å². The van der Waals surface area contributed by atoms with Gasteiger partial charge in [-0.05, 0) is 0 Å². The maximum atomic E-state index is 10.8. The average Bonchev–Trinajstić information content (AvgIpc) is 2.30. The molecule has 78 valence electrons. The van der Waals surface area contributed by atoms with Crippen LogP contribution >= 0.6 is 11.3 Å². The number of rotatable bonds is 4. The molecule has 0 aliphatic rings. The molecule has 0 aromatic carbocycles. The maximum absolute atomic E-state index is 10.8. The number of sulfonamides is 1. The molecule has 1 heterocycles. The lowest BCUT2D eigenvalue weighted by atomic mass is 10.3. The minimum absolute atomic E-state index is 0.184. The van der Waals surface area contributed by atoms with Gasteiger partial charge < -0.3 is 5.11 Å². The van der Waals surface area contributed by atoms with Gasteiger partial charge in [-0.2, -0.15) is 0 Å². The van der Waals surface area contributed by atoms with Gasteiger partial charge in [-0.15, -0.1) is 11.3 Å². The Balaban J connectivity index is 2.74. The molecule has 0 radical (unpaired) electrons. The van der Waals surface area contributed by atoms with E-state index in [1.54, 1.807) is 0 Å². The minimum atomic E-state index is -3.34. The van der Waals surface area contributed by atoms with Gasteiger partial charge in [-0.1, -0.05) is 0 Å². The molecule has 1 aromatic heterocycles. The lowest BCUT2D eigenvalue weighted by Gasteiger charge is -1.96. The number of carboxylic acid groups (broad SMARTS) is 1. The Kier molecular flexibility index (Phi) is 3.06. The van der Waals surface area contributed by atoms with Crippen LogP contribution in [0.25, 0.3) is 0 Å². The van der Waals surface area contributed by atoms with E-state index in [1.807, 2.05) is 0 Å². The van der Waals surface area contributed by atoms with E-state index in [1.165, 1.54) is 5.38 Å². The number of carbonyl (C=O) groups is 1. The fourth-order valence-electron chi connectivity index (χ4n) is 0.749. The summed E-state index contributed by atoms with van der Waals surface area (Å²) in [5.41, 5.74) is 0.341. The number of carboxylic acids is 1. The summed E-state index contributed by atoms with van der Waals surface area (Å²) in [6, 6.07) is 0. The van der Waals surface area contributed by atoms with Crippen molar-refractivity contribution >= 4 is 32.5 Å². The molecular formula is C6H8N2O4S2. The van der Waals surface area contributed by atoms with Gasteiger partial charge in [0.05, 0.1) is 18.4 Å². The van der Waals surface area contributed by atoms with Crippen LogP contribution in [0.4, 0.5) is 5.13 Å². The van der Waals surface area contributed by atoms with Crippen molar-refractivity contribution in [3.8, 4) is 0 Å². The van der Waals surface area contributed by atoms with Crippen LogP contribution in [0.3, 0.4) is 0 Å². The van der Waals surface area contributed by atoms with Crippen LogP contribution in [0, 0.1) is 0 Å². The molecule has 0 saturated carbocycles. The van der Waals surface area contributed by atoms with E-state index in [0.717, 1.165) is 17.6 Å². The van der Waals surface area contributed by atoms with E-state index >= 15 is 0 Å². The van der Waals surface area contributed by atoms with Gasteiger partial charge in [0, 0.05) is 5.38 Å². The van der Waals surface area contributed by atoms with Crippen LogP contribution in [0.1, 0.15) is 5.69 Å². The topological polar surface area (TPSA) is 96.4 Å². The van der Waals surface area contributed by atoms with Gasteiger partial charge in [-0.25, -0.2) is 13.4 Å². The molecule has 0 atom stereocenters. The largest absolute Gasteiger partial charge is 0.481 e. The van der Waals surface area contributed by atoms with Crippen LogP contribution in [0.5, 0.6) is 0 Å². The zero-order chi connectivity index (χ0) is 10.8. The van der Waals surface area contributed by atoms with Crippen molar-refractivity contribution in [2.24, 2.45) is 0 Å². The van der Waals surface area contributed by atoms with Crippen molar-refractivity contribution in [3.05, 3.63) is 11.1 Å². The van der Waals surface area contributed by atoms with Crippen molar-refractivity contribution in [1.82, 2.24) is 4.98 Å². The molecular weight excluding hydrogens is 228 g/mol. The molecule has 8 heteroatoms. The quantitative estimate of drug-likeness (QED) is 0.775. The smallest absolute Gasteiger partial charge is 0.309 e. The third-order valence-corrected chi connectivity index (χ3v) is 2.66. The maximum Gasteiger partial charge on any atom is 0.309 e. The summed E-state index contributed by atoms with van der Waals surface area (Å²) >= 11 is 1.05. The molecule has 0 bridgehead atoms. The Morgan fingerprint density at radius 1 is 1.71 bits per heavy atom. The molecule has 6 nitrogen and oxygen atoms in total. The molecule has 0 spiro atoms. The van der Waals surface area contributed by atoms with E-state index in [9.17, 15) is 13.2 Å². The van der Waals surface area contributed by atoms with Crippen LogP contribution in [-0.2, 0) is 21.2 Å². The minimum Gasteiger partial charge on any atom is -0.481 e. The van der Waals surface area contributed by atoms with Crippen LogP contribution in [-0.4, -0.2) is 30.7 Å². The zero-order valence-corrected chi connectivity index (χ0v) is 8.85. The fourth-order valence-corrected chi connectivity index (χ4v) is 2.31. The van der Waals surface area contributed by atoms with Crippen molar-refractivity contribution in [2.45, 2.75) is 6.42 Å². The molecule has 0 aliphatic carbocycles. The zero-order valence-electron chi connectivity index (χ0n) is 7.22. The van der Waals surface area contributed by atoms with Gasteiger partial charge in [0.15, 0.2) is 5.13 Å². The second kappa shape index (κ2) is 3.93. The Morgan fingerprint density at radius 2 is 2.36 bits per heavy atom. The summed E-state index contributed by atoms with van der Waals surface area (Å²) in [5, 5.41) is 10.1. The number of thiazole rings is 1. The number of nitrogens with one attached hydrogen (secondary N) is 1. The highest BCUT2D eigenvalue weighted by Crippen LogP contribution is 2.16. The number of hydrogen-bond acceptors (Lipinski definition) is 5. The molecule has 0 amide bonds. The first-order valence-electron chi connectivity index (χ1n) is 3.51. The Morgan fingerprint density at radius 3 is 2.86 bits per heavy atom. The van der Waals surface area contributed by atoms with Crippen molar-refractivity contribution in [1.29, 1.82) is 0 Å². The molecule has 1 aromatic rings. The first-order valence-corrected chi connectivity index (χ1v) is 6.28. The number of aliphatic carboxylic acids is 1. The van der Waals surface area contributed by atoms with E-state index in [0.29, 0.717) is 5.69 Å². The first-order chi connectivity index (χ1) is 6.37. The number of aromatic nitrogens is 1. The summed E-state index contributed by atoms with van der Waals surface area (Å²) in [4.78, 5) is 14.1. The van der Waals surface area contributed by atoms with Crippen molar-refractivity contribution in [3.63, 3.8) is 0 Å². The number of nitrogens with zero attached hydrogens (tertiary/aromatic N) is 1. The highest BCUT2D eigenvalue weighted by atomic mass is 32.2. The van der Waals surface area contributed by atoms with E-state index < -0.39 is 16.0 Å². The van der Waals surface area contributed by atoms with E-state index in [4.69, 9.17) is 5.11 Å². The predicted octanol–water partition coefficient (Wildman–Crippen LogP) is 0.142. The number of hydrogen-bond donors (Lipinski definition) is 2. The standard InChI is InChI=1S/C6H8N2O4S2/c1-14(11,12)8-6-7-4(3-13-6)2-5(9)10/h3H,2H2,1H3,(H,7,8)(H,9,10). The first kappa shape index (κ1) is 10.9. The molecule has 2 N–H and O–H groups in total. The lowest BCUT2D eigenvalue weighted by molar-refractivity contribution is -0.136. The van der Waals surface area contributed by atoms with Gasteiger partial charge >= 0.3 is 5.97 Å². The second-order valence-electron chi connectivity index (χ2n) is 2.59. The third-order valence-electron chi connectivity index (χ3n) is 1.16. The van der Waals surface area contributed by atoms with E-state index in [2.05, 4.69) is 9.71 Å². The SMILES string of the molecule is CS(=O)(=O)Nc1nc(CC(=O)O)cs1. The van der Waals surface area contributed by atoms with Crippen molar-refractivity contribution in [2.75, 3.05) is 11.0 Å². The Labute approximate surface area is 84.7 Å². The average molecular weight is 236 g/mol. The number of anilines is 1. The molecule has 1 rings (SSSR count). The van der Waals surface area contributed by atoms with Crippen molar-refractivity contribution < 1.29 is 18.3 Å². The Bertz CT molecular complexity index is 436. The second-order valence-corrected chi connectivity index (χ2v) is 5.20. The molecule has 0 fully saturated rings. The molecule has 0 saturated heterocycles. The monoisotopic (exact) mass is 236 g/mol. The van der Waals surface area contributed by atoms with Gasteiger partial charge in [0.25, 0.3) is 0 Å². The normalized spacial score (nSPS) is 11.2. The third kappa shape index (κ3) is 3.71. The summed E-state index contributed by atoms with van der Waals surface area (Å²) in [6.07, 6.45) is 0.799. The van der Waals surface area contributed by atoms with Gasteiger partial charge in [-0.3, -0.25) is 9.52 Å². The summed E-state index contributed by atoms with van der Waals surface area (Å²) in [6.45, 7) is 0. The summed E-state index contributed by atoms with van der Waals surface area (Å²) < 4.78 is 23.7. The molecule has 0 unspecified atom stereocenters. The van der Waals surface area contributed by atoms with Crippen LogP contribution in [0.15, 0.2) is 5.38 Å². The van der Waals surface area contributed by atoms with Crippen LogP contribution < -0.4 is 4.72 Å². The fraction of sp³-hybridized carbons (Fsp3) is 0.333.